The molecular weight excluding hydrogens is 222 g/mol. The molecule has 4 N–H and O–H groups in total. The number of rotatable bonds is 3. The molecule has 0 aliphatic heterocycles. The number of carbonyl (C=O) groups excluding carboxylic acids is 1. The highest BCUT2D eigenvalue weighted by molar-refractivity contribution is 6.01. The number of anilines is 2. The third kappa shape index (κ3) is 3.37. The minimum Gasteiger partial charge on any atom is -0.481 e. The maximum Gasteiger partial charge on any atom is 0.411 e. The molecule has 17 heavy (non-hydrogen) atoms. The van der Waals surface area contributed by atoms with E-state index in [1.807, 2.05) is 0 Å². The van der Waals surface area contributed by atoms with Crippen molar-refractivity contribution in [1.82, 2.24) is 0 Å². The summed E-state index contributed by atoms with van der Waals surface area (Å²) >= 11 is 0. The summed E-state index contributed by atoms with van der Waals surface area (Å²) in [6, 6.07) is 4.77. The first-order valence-electron chi connectivity index (χ1n) is 5.04. The van der Waals surface area contributed by atoms with Crippen LogP contribution in [0.15, 0.2) is 18.2 Å². The van der Waals surface area contributed by atoms with Crippen LogP contribution in [0.3, 0.4) is 0 Å². The highest BCUT2D eigenvalue weighted by Crippen LogP contribution is 2.20. The smallest absolute Gasteiger partial charge is 0.411 e. The number of amides is 1. The van der Waals surface area contributed by atoms with Crippen LogP contribution in [0, 0.1) is 5.41 Å². The molecule has 6 nitrogen and oxygen atoms in total. The summed E-state index contributed by atoms with van der Waals surface area (Å²) in [5, 5.41) is 10.1. The van der Waals surface area contributed by atoms with Crippen molar-refractivity contribution in [1.29, 1.82) is 5.41 Å². The molecule has 1 rings (SSSR count). The number of nitrogen functional groups attached to an aromatic ring is 1. The molecule has 1 amide bonds. The van der Waals surface area contributed by atoms with E-state index in [1.165, 1.54) is 7.11 Å². The van der Waals surface area contributed by atoms with Crippen LogP contribution in [0.25, 0.3) is 0 Å². The molecule has 1 aromatic rings. The molecule has 0 atom stereocenters. The molecule has 0 fully saturated rings. The van der Waals surface area contributed by atoms with Crippen molar-refractivity contribution in [3.05, 3.63) is 23.8 Å². The highest BCUT2D eigenvalue weighted by atomic mass is 16.5. The van der Waals surface area contributed by atoms with Crippen LogP contribution in [0.1, 0.15) is 12.5 Å². The Kier molecular flexibility index (Phi) is 4.33. The minimum atomic E-state index is -0.594. The van der Waals surface area contributed by atoms with Crippen molar-refractivity contribution in [2.75, 3.05) is 24.8 Å². The molecule has 92 valence electrons. The topological polar surface area (TPSA) is 97.4 Å². The van der Waals surface area contributed by atoms with E-state index in [9.17, 15) is 4.79 Å². The predicted molar refractivity (Wildman–Crippen MR) is 65.3 cm³/mol. The van der Waals surface area contributed by atoms with Gasteiger partial charge < -0.3 is 15.2 Å². The minimum absolute atomic E-state index is 0.0585. The van der Waals surface area contributed by atoms with Crippen LogP contribution in [0.5, 0.6) is 0 Å². The Morgan fingerprint density at radius 3 is 2.82 bits per heavy atom. The van der Waals surface area contributed by atoms with Gasteiger partial charge in [0.2, 0.25) is 5.90 Å². The van der Waals surface area contributed by atoms with Gasteiger partial charge in [0.25, 0.3) is 0 Å². The van der Waals surface area contributed by atoms with Crippen LogP contribution < -0.4 is 11.1 Å². The fourth-order valence-electron chi connectivity index (χ4n) is 1.25. The molecule has 0 aliphatic carbocycles. The van der Waals surface area contributed by atoms with E-state index in [0.717, 1.165) is 0 Å². The molecule has 0 aliphatic rings. The highest BCUT2D eigenvalue weighted by Gasteiger charge is 2.11. The molecule has 0 radical (unpaired) electrons. The molecule has 0 heterocycles. The first kappa shape index (κ1) is 12.8. The van der Waals surface area contributed by atoms with Crippen LogP contribution in [0.2, 0.25) is 0 Å². The fraction of sp³-hybridized carbons (Fsp3) is 0.273. The molecule has 0 bridgehead atoms. The van der Waals surface area contributed by atoms with Crippen molar-refractivity contribution >= 4 is 23.4 Å². The third-order valence-electron chi connectivity index (χ3n) is 2.00. The van der Waals surface area contributed by atoms with Crippen LogP contribution >= 0.6 is 0 Å². The maximum absolute atomic E-state index is 11.3. The Hall–Kier alpha value is -2.24. The number of ether oxygens (including phenoxy) is 2. The molecule has 6 heteroatoms. The second-order valence-corrected chi connectivity index (χ2v) is 3.18. The van der Waals surface area contributed by atoms with Gasteiger partial charge >= 0.3 is 6.09 Å². The number of benzene rings is 1. The van der Waals surface area contributed by atoms with E-state index < -0.39 is 6.09 Å². The number of hydrogen-bond donors (Lipinski definition) is 3. The lowest BCUT2D eigenvalue weighted by Crippen LogP contribution is -2.16. The lowest BCUT2D eigenvalue weighted by Gasteiger charge is -2.11. The molecule has 0 saturated heterocycles. The normalized spacial score (nSPS) is 9.53. The zero-order valence-corrected chi connectivity index (χ0v) is 9.74. The Balaban J connectivity index is 2.99. The summed E-state index contributed by atoms with van der Waals surface area (Å²) < 4.78 is 9.56. The average molecular weight is 237 g/mol. The number of nitrogens with two attached hydrogens (primary N) is 1. The summed E-state index contributed by atoms with van der Waals surface area (Å²) in [6.07, 6.45) is -0.594. The van der Waals surface area contributed by atoms with Crippen LogP contribution in [0.4, 0.5) is 16.2 Å². The van der Waals surface area contributed by atoms with Gasteiger partial charge in [-0.05, 0) is 25.1 Å². The van der Waals surface area contributed by atoms with Gasteiger partial charge in [0.1, 0.15) is 0 Å². The fourth-order valence-corrected chi connectivity index (χ4v) is 1.25. The number of hydrogen-bond acceptors (Lipinski definition) is 5. The lowest BCUT2D eigenvalue weighted by atomic mass is 10.1. The van der Waals surface area contributed by atoms with Crippen molar-refractivity contribution in [2.24, 2.45) is 0 Å². The summed E-state index contributed by atoms with van der Waals surface area (Å²) in [5.74, 6) is -0.0585. The second-order valence-electron chi connectivity index (χ2n) is 3.18. The van der Waals surface area contributed by atoms with Gasteiger partial charge in [0.15, 0.2) is 0 Å². The molecule has 0 unspecified atom stereocenters. The Morgan fingerprint density at radius 2 is 2.24 bits per heavy atom. The van der Waals surface area contributed by atoms with Crippen molar-refractivity contribution in [2.45, 2.75) is 6.92 Å². The van der Waals surface area contributed by atoms with Gasteiger partial charge in [-0.3, -0.25) is 10.7 Å². The van der Waals surface area contributed by atoms with Gasteiger partial charge in [0.05, 0.1) is 25.0 Å². The Morgan fingerprint density at radius 1 is 1.53 bits per heavy atom. The van der Waals surface area contributed by atoms with Crippen LogP contribution in [-0.2, 0) is 9.47 Å². The van der Waals surface area contributed by atoms with E-state index >= 15 is 0 Å². The standard InChI is InChI=1S/C11H15N3O3/c1-3-17-11(15)14-9-6-7(12)4-5-8(9)10(13)16-2/h4-6,13H,3,12H2,1-2H3,(H,14,15). The monoisotopic (exact) mass is 237 g/mol. The SMILES string of the molecule is CCOC(=O)Nc1cc(N)ccc1C(=N)OC. The average Bonchev–Trinajstić information content (AvgIpc) is 2.28. The second kappa shape index (κ2) is 5.74. The van der Waals surface area contributed by atoms with Gasteiger partial charge in [0, 0.05) is 5.69 Å². The Bertz CT molecular complexity index is 432. The number of methoxy groups -OCH3 is 1. The lowest BCUT2D eigenvalue weighted by molar-refractivity contribution is 0.168. The largest absolute Gasteiger partial charge is 0.481 e. The van der Waals surface area contributed by atoms with Crippen LogP contribution in [-0.4, -0.2) is 25.7 Å². The van der Waals surface area contributed by atoms with Crippen molar-refractivity contribution in [3.63, 3.8) is 0 Å². The Labute approximate surface area is 99.2 Å². The first-order chi connectivity index (χ1) is 8.08. The van der Waals surface area contributed by atoms with E-state index in [2.05, 4.69) is 5.32 Å². The molecule has 0 spiro atoms. The van der Waals surface area contributed by atoms with Crippen molar-refractivity contribution in [3.8, 4) is 0 Å². The zero-order valence-electron chi connectivity index (χ0n) is 9.74. The summed E-state index contributed by atoms with van der Waals surface area (Å²) in [7, 11) is 1.38. The van der Waals surface area contributed by atoms with Gasteiger partial charge in [-0.15, -0.1) is 0 Å². The number of carbonyl (C=O) groups is 1. The zero-order chi connectivity index (χ0) is 12.8. The number of nitrogens with one attached hydrogen (secondary N) is 2. The first-order valence-corrected chi connectivity index (χ1v) is 5.04. The summed E-state index contributed by atoms with van der Waals surface area (Å²) in [4.78, 5) is 11.3. The summed E-state index contributed by atoms with van der Waals surface area (Å²) in [5.41, 5.74) is 6.92. The molecular formula is C11H15N3O3. The van der Waals surface area contributed by atoms with E-state index in [-0.39, 0.29) is 12.5 Å². The van der Waals surface area contributed by atoms with E-state index in [0.29, 0.717) is 16.9 Å². The van der Waals surface area contributed by atoms with Gasteiger partial charge in [-0.2, -0.15) is 0 Å². The summed E-state index contributed by atoms with van der Waals surface area (Å²) in [6.45, 7) is 1.97. The quantitative estimate of drug-likeness (QED) is 0.424. The maximum atomic E-state index is 11.3. The van der Waals surface area contributed by atoms with Crippen molar-refractivity contribution < 1.29 is 14.3 Å². The van der Waals surface area contributed by atoms with E-state index in [4.69, 9.17) is 20.6 Å². The predicted octanol–water partition coefficient (Wildman–Crippen LogP) is 1.81. The van der Waals surface area contributed by atoms with E-state index in [1.54, 1.807) is 25.1 Å². The van der Waals surface area contributed by atoms with Gasteiger partial charge in [-0.1, -0.05) is 0 Å². The van der Waals surface area contributed by atoms with Gasteiger partial charge in [-0.25, -0.2) is 4.79 Å². The molecule has 0 saturated carbocycles. The third-order valence-corrected chi connectivity index (χ3v) is 2.00. The molecule has 1 aromatic carbocycles. The molecule has 0 aromatic heterocycles.